The Labute approximate surface area is 175 Å². The third kappa shape index (κ3) is 3.50. The van der Waals surface area contributed by atoms with Gasteiger partial charge in [-0.15, -0.1) is 0 Å². The summed E-state index contributed by atoms with van der Waals surface area (Å²) < 4.78 is 0. The summed E-state index contributed by atoms with van der Waals surface area (Å²) in [5.41, 5.74) is 4.46. The number of hydrogen-bond donors (Lipinski definition) is 2. The van der Waals surface area contributed by atoms with Crippen molar-refractivity contribution in [1.82, 2.24) is 0 Å². The molecule has 154 valence electrons. The van der Waals surface area contributed by atoms with E-state index in [0.29, 0.717) is 17.7 Å². The molecule has 1 atom stereocenters. The molecule has 0 saturated heterocycles. The van der Waals surface area contributed by atoms with Crippen LogP contribution in [0.15, 0.2) is 47.5 Å². The van der Waals surface area contributed by atoms with Crippen molar-refractivity contribution in [3.8, 4) is 0 Å². The second-order valence-electron chi connectivity index (χ2n) is 9.33. The first-order chi connectivity index (χ1) is 13.9. The lowest BCUT2D eigenvalue weighted by atomic mass is 9.73. The number of nitrogens with one attached hydrogen (secondary N) is 1. The number of fused-ring (bicyclic) bond motifs is 1. The number of anilines is 1. The van der Waals surface area contributed by atoms with Gasteiger partial charge >= 0.3 is 0 Å². The largest absolute Gasteiger partial charge is 0.377 e. The molecule has 1 saturated carbocycles. The van der Waals surface area contributed by atoms with Crippen molar-refractivity contribution in [1.29, 1.82) is 0 Å². The average Bonchev–Trinajstić information content (AvgIpc) is 3.01. The lowest BCUT2D eigenvalue weighted by Gasteiger charge is -2.36. The van der Waals surface area contributed by atoms with Crippen LogP contribution in [0.5, 0.6) is 0 Å². The van der Waals surface area contributed by atoms with Crippen LogP contribution in [0.4, 0.5) is 11.4 Å². The molecule has 1 unspecified atom stereocenters. The molecule has 1 aliphatic carbocycles. The van der Waals surface area contributed by atoms with Crippen LogP contribution < -0.4 is 5.32 Å². The number of para-hydroxylation sites is 2. The Kier molecular flexibility index (Phi) is 5.52. The van der Waals surface area contributed by atoms with Gasteiger partial charge < -0.3 is 10.4 Å². The van der Waals surface area contributed by atoms with Gasteiger partial charge in [0.05, 0.1) is 5.69 Å². The standard InChI is InChI=1S/C26H34N2O/c1-17(2)20-13-10-14-21(18(3)4)24(20)28-25-26(29,19-11-6-5-7-12-19)22-15-8-9-16-23(22)27-25/h8-10,13-19,29H,5-7,11-12H2,1-4H3,(H,27,28). The van der Waals surface area contributed by atoms with Gasteiger partial charge in [-0.2, -0.15) is 0 Å². The van der Waals surface area contributed by atoms with Gasteiger partial charge in [0.25, 0.3) is 0 Å². The Morgan fingerprint density at radius 1 is 0.897 bits per heavy atom. The molecule has 3 heteroatoms. The van der Waals surface area contributed by atoms with E-state index in [0.717, 1.165) is 29.8 Å². The predicted molar refractivity (Wildman–Crippen MR) is 122 cm³/mol. The molecule has 2 aliphatic rings. The summed E-state index contributed by atoms with van der Waals surface area (Å²) >= 11 is 0. The van der Waals surface area contributed by atoms with Crippen molar-refractivity contribution < 1.29 is 5.11 Å². The minimum Gasteiger partial charge on any atom is -0.377 e. The van der Waals surface area contributed by atoms with Crippen LogP contribution in [0, 0.1) is 5.92 Å². The molecule has 2 aromatic carbocycles. The maximum Gasteiger partial charge on any atom is 0.152 e. The smallest absolute Gasteiger partial charge is 0.152 e. The maximum absolute atomic E-state index is 12.2. The molecule has 1 heterocycles. The van der Waals surface area contributed by atoms with Crippen molar-refractivity contribution >= 4 is 17.2 Å². The van der Waals surface area contributed by atoms with E-state index in [1.165, 1.54) is 30.4 Å². The van der Waals surface area contributed by atoms with Gasteiger partial charge in [-0.25, -0.2) is 4.99 Å². The predicted octanol–water partition coefficient (Wildman–Crippen LogP) is 6.86. The van der Waals surface area contributed by atoms with E-state index in [2.05, 4.69) is 63.3 Å². The highest BCUT2D eigenvalue weighted by Crippen LogP contribution is 2.48. The Bertz CT molecular complexity index is 882. The van der Waals surface area contributed by atoms with Crippen molar-refractivity contribution in [2.45, 2.75) is 77.2 Å². The van der Waals surface area contributed by atoms with Crippen molar-refractivity contribution in [3.05, 3.63) is 59.2 Å². The second-order valence-corrected chi connectivity index (χ2v) is 9.33. The molecule has 0 radical (unpaired) electrons. The molecule has 0 spiro atoms. The fourth-order valence-electron chi connectivity index (χ4n) is 5.07. The highest BCUT2D eigenvalue weighted by molar-refractivity contribution is 6.10. The molecule has 2 aromatic rings. The second kappa shape index (κ2) is 7.95. The first kappa shape index (κ1) is 20.2. The van der Waals surface area contributed by atoms with Crippen molar-refractivity contribution in [2.24, 2.45) is 10.9 Å². The van der Waals surface area contributed by atoms with Crippen molar-refractivity contribution in [2.75, 3.05) is 5.32 Å². The normalized spacial score (nSPS) is 23.6. The third-order valence-corrected chi connectivity index (χ3v) is 6.71. The molecule has 1 aliphatic heterocycles. The molecule has 0 bridgehead atoms. The summed E-state index contributed by atoms with van der Waals surface area (Å²) in [4.78, 5) is 5.20. The summed E-state index contributed by atoms with van der Waals surface area (Å²) in [5, 5.41) is 15.7. The lowest BCUT2D eigenvalue weighted by molar-refractivity contribution is 0.0295. The molecule has 2 N–H and O–H groups in total. The van der Waals surface area contributed by atoms with E-state index in [-0.39, 0.29) is 5.92 Å². The maximum atomic E-state index is 12.2. The minimum absolute atomic E-state index is 0.208. The number of amidine groups is 1. The van der Waals surface area contributed by atoms with Crippen LogP contribution in [0.3, 0.4) is 0 Å². The zero-order valence-corrected chi connectivity index (χ0v) is 18.2. The fraction of sp³-hybridized carbons (Fsp3) is 0.500. The average molecular weight is 391 g/mol. The summed E-state index contributed by atoms with van der Waals surface area (Å²) in [6, 6.07) is 14.7. The highest BCUT2D eigenvalue weighted by atomic mass is 16.3. The number of hydrogen-bond acceptors (Lipinski definition) is 2. The number of nitrogens with zero attached hydrogens (tertiary/aromatic N) is 1. The Morgan fingerprint density at radius 2 is 1.52 bits per heavy atom. The summed E-state index contributed by atoms with van der Waals surface area (Å²) in [6.45, 7) is 8.86. The Balaban J connectivity index is 1.89. The van der Waals surface area contributed by atoms with Gasteiger partial charge in [-0.3, -0.25) is 0 Å². The van der Waals surface area contributed by atoms with E-state index in [1.807, 2.05) is 12.1 Å². The summed E-state index contributed by atoms with van der Waals surface area (Å²) in [5.74, 6) is 1.67. The molecule has 0 amide bonds. The third-order valence-electron chi connectivity index (χ3n) is 6.71. The molecule has 29 heavy (non-hydrogen) atoms. The van der Waals surface area contributed by atoms with Gasteiger partial charge in [0.2, 0.25) is 0 Å². The minimum atomic E-state index is -1.03. The summed E-state index contributed by atoms with van der Waals surface area (Å²) in [6.07, 6.45) is 5.73. The van der Waals surface area contributed by atoms with E-state index in [9.17, 15) is 5.11 Å². The van der Waals surface area contributed by atoms with E-state index >= 15 is 0 Å². The van der Waals surface area contributed by atoms with Crippen LogP contribution >= 0.6 is 0 Å². The quantitative estimate of drug-likeness (QED) is 0.599. The Hall–Kier alpha value is -2.13. The lowest BCUT2D eigenvalue weighted by Crippen LogP contribution is -2.42. The number of rotatable bonds is 4. The molecular weight excluding hydrogens is 356 g/mol. The van der Waals surface area contributed by atoms with Crippen LogP contribution in [-0.4, -0.2) is 10.9 Å². The van der Waals surface area contributed by atoms with Gasteiger partial charge in [-0.1, -0.05) is 83.4 Å². The topological polar surface area (TPSA) is 44.6 Å². The van der Waals surface area contributed by atoms with Crippen molar-refractivity contribution in [3.63, 3.8) is 0 Å². The fourth-order valence-corrected chi connectivity index (χ4v) is 5.07. The summed E-state index contributed by atoms with van der Waals surface area (Å²) in [7, 11) is 0. The highest BCUT2D eigenvalue weighted by Gasteiger charge is 2.49. The molecule has 0 aromatic heterocycles. The van der Waals surface area contributed by atoms with Crippen LogP contribution in [0.25, 0.3) is 0 Å². The molecular formula is C26H34N2O. The van der Waals surface area contributed by atoms with Gasteiger partial charge in [-0.05, 0) is 47.8 Å². The monoisotopic (exact) mass is 390 g/mol. The van der Waals surface area contributed by atoms with Crippen LogP contribution in [-0.2, 0) is 5.60 Å². The van der Waals surface area contributed by atoms with Gasteiger partial charge in [0.15, 0.2) is 5.60 Å². The van der Waals surface area contributed by atoms with E-state index in [4.69, 9.17) is 4.99 Å². The van der Waals surface area contributed by atoms with Crippen LogP contribution in [0.2, 0.25) is 0 Å². The van der Waals surface area contributed by atoms with E-state index in [1.54, 1.807) is 0 Å². The van der Waals surface area contributed by atoms with Gasteiger partial charge in [0.1, 0.15) is 5.84 Å². The van der Waals surface area contributed by atoms with Gasteiger partial charge in [0, 0.05) is 11.3 Å². The number of aliphatic imine (C=N–C) groups is 1. The zero-order chi connectivity index (χ0) is 20.6. The Morgan fingerprint density at radius 3 is 2.14 bits per heavy atom. The first-order valence-corrected chi connectivity index (χ1v) is 11.2. The molecule has 3 nitrogen and oxygen atoms in total. The molecule has 1 fully saturated rings. The molecule has 4 rings (SSSR count). The first-order valence-electron chi connectivity index (χ1n) is 11.2. The SMILES string of the molecule is CC(C)c1cccc(C(C)C)c1N=C1Nc2ccccc2C1(O)C1CCCCC1. The zero-order valence-electron chi connectivity index (χ0n) is 18.2. The number of benzene rings is 2. The van der Waals surface area contributed by atoms with E-state index < -0.39 is 5.60 Å². The van der Waals surface area contributed by atoms with Crippen LogP contribution in [0.1, 0.15) is 88.3 Å². The number of aliphatic hydroxyl groups is 1.